The molecule has 0 N–H and O–H groups in total. The molecule has 0 aliphatic carbocycles. The average molecular weight is 357 g/mol. The first-order valence-electron chi connectivity index (χ1n) is 7.40. The van der Waals surface area contributed by atoms with Crippen molar-refractivity contribution in [2.45, 2.75) is 13.0 Å². The highest BCUT2D eigenvalue weighted by atomic mass is 35.5. The first-order chi connectivity index (χ1) is 11.8. The van der Waals surface area contributed by atoms with Crippen LogP contribution < -0.4 is 4.74 Å². The molecule has 0 spiro atoms. The normalized spacial score (nSPS) is 11.0. The third-order valence-electron chi connectivity index (χ3n) is 3.48. The van der Waals surface area contributed by atoms with Gasteiger partial charge in [-0.25, -0.2) is 0 Å². The number of hydrogen-bond acceptors (Lipinski definition) is 5. The summed E-state index contributed by atoms with van der Waals surface area (Å²) in [6.45, 7) is 0.303. The number of hydrogen-bond donors (Lipinski definition) is 0. The Bertz CT molecular complexity index is 950. The van der Waals surface area contributed by atoms with Crippen LogP contribution in [0.2, 0.25) is 5.02 Å². The maximum absolute atomic E-state index is 5.87. The zero-order valence-electron chi connectivity index (χ0n) is 12.6. The van der Waals surface area contributed by atoms with Crippen molar-refractivity contribution in [3.05, 3.63) is 76.0 Å². The topological polar surface area (TPSA) is 52.3 Å². The van der Waals surface area contributed by atoms with Crippen molar-refractivity contribution >= 4 is 27.9 Å². The van der Waals surface area contributed by atoms with E-state index in [-0.39, 0.29) is 0 Å². The van der Waals surface area contributed by atoms with E-state index in [1.165, 1.54) is 5.56 Å². The van der Waals surface area contributed by atoms with Gasteiger partial charge < -0.3 is 4.74 Å². The molecule has 5 nitrogen and oxygen atoms in total. The van der Waals surface area contributed by atoms with Crippen LogP contribution in [0.1, 0.15) is 16.4 Å². The molecule has 0 amide bonds. The van der Waals surface area contributed by atoms with E-state index in [2.05, 4.69) is 27.4 Å². The summed E-state index contributed by atoms with van der Waals surface area (Å²) in [5.41, 5.74) is 1.22. The van der Waals surface area contributed by atoms with E-state index < -0.39 is 0 Å². The molecule has 24 heavy (non-hydrogen) atoms. The van der Waals surface area contributed by atoms with Crippen LogP contribution >= 0.6 is 22.9 Å². The van der Waals surface area contributed by atoms with Gasteiger partial charge in [-0.2, -0.15) is 9.61 Å². The Hall–Kier alpha value is -2.44. The van der Waals surface area contributed by atoms with E-state index in [1.54, 1.807) is 28.0 Å². The van der Waals surface area contributed by atoms with Crippen LogP contribution in [0.25, 0.3) is 4.96 Å². The summed E-state index contributed by atoms with van der Waals surface area (Å²) in [5, 5.41) is 14.6. The van der Waals surface area contributed by atoms with Gasteiger partial charge >= 0.3 is 0 Å². The van der Waals surface area contributed by atoms with Gasteiger partial charge in [0.25, 0.3) is 0 Å². The van der Waals surface area contributed by atoms with Gasteiger partial charge in [0.15, 0.2) is 5.82 Å². The Morgan fingerprint density at radius 1 is 1.00 bits per heavy atom. The molecule has 0 fully saturated rings. The molecule has 7 heteroatoms. The van der Waals surface area contributed by atoms with E-state index in [4.69, 9.17) is 16.3 Å². The summed E-state index contributed by atoms with van der Waals surface area (Å²) >= 11 is 7.41. The van der Waals surface area contributed by atoms with E-state index in [9.17, 15) is 0 Å². The summed E-state index contributed by atoms with van der Waals surface area (Å²) < 4.78 is 7.47. The van der Waals surface area contributed by atoms with Gasteiger partial charge in [-0.15, -0.1) is 10.2 Å². The molecule has 2 heterocycles. The van der Waals surface area contributed by atoms with Crippen LogP contribution in [0.5, 0.6) is 5.75 Å². The second kappa shape index (κ2) is 6.59. The quantitative estimate of drug-likeness (QED) is 0.542. The van der Waals surface area contributed by atoms with Gasteiger partial charge in [-0.1, -0.05) is 53.3 Å². The first kappa shape index (κ1) is 15.1. The molecule has 0 aliphatic rings. The summed E-state index contributed by atoms with van der Waals surface area (Å²) in [5.74, 6) is 1.41. The van der Waals surface area contributed by atoms with Gasteiger partial charge in [0.05, 0.1) is 0 Å². The fourth-order valence-electron chi connectivity index (χ4n) is 2.31. The largest absolute Gasteiger partial charge is 0.486 e. The Balaban J connectivity index is 1.50. The zero-order chi connectivity index (χ0) is 16.4. The highest BCUT2D eigenvalue weighted by Gasteiger charge is 2.12. The van der Waals surface area contributed by atoms with Crippen molar-refractivity contribution < 1.29 is 4.74 Å². The maximum Gasteiger partial charge on any atom is 0.234 e. The SMILES string of the molecule is Clc1ccc(OCc2nnc3sc(Cc4ccccc4)nn23)cc1. The van der Waals surface area contributed by atoms with Crippen LogP contribution in [0.3, 0.4) is 0 Å². The van der Waals surface area contributed by atoms with Gasteiger partial charge in [0.2, 0.25) is 4.96 Å². The second-order valence-electron chi connectivity index (χ2n) is 5.21. The lowest BCUT2D eigenvalue weighted by Gasteiger charge is -2.03. The number of benzene rings is 2. The third kappa shape index (κ3) is 3.25. The molecule has 4 rings (SSSR count). The van der Waals surface area contributed by atoms with Crippen molar-refractivity contribution in [2.24, 2.45) is 0 Å². The Morgan fingerprint density at radius 2 is 1.79 bits per heavy atom. The molecule has 0 saturated heterocycles. The molecule has 0 bridgehead atoms. The number of fused-ring (bicyclic) bond motifs is 1. The molecule has 0 saturated carbocycles. The zero-order valence-corrected chi connectivity index (χ0v) is 14.2. The number of ether oxygens (including phenoxy) is 1. The van der Waals surface area contributed by atoms with Crippen molar-refractivity contribution in [1.29, 1.82) is 0 Å². The molecular formula is C17H13ClN4OS. The van der Waals surface area contributed by atoms with Crippen LogP contribution in [-0.2, 0) is 13.0 Å². The molecule has 0 radical (unpaired) electrons. The van der Waals surface area contributed by atoms with E-state index >= 15 is 0 Å². The Labute approximate surface area is 147 Å². The van der Waals surface area contributed by atoms with Crippen molar-refractivity contribution in [1.82, 2.24) is 19.8 Å². The average Bonchev–Trinajstić information content (AvgIpc) is 3.16. The molecule has 0 aliphatic heterocycles. The molecule has 0 unspecified atom stereocenters. The highest BCUT2D eigenvalue weighted by Crippen LogP contribution is 2.19. The van der Waals surface area contributed by atoms with Crippen molar-refractivity contribution in [2.75, 3.05) is 0 Å². The minimum absolute atomic E-state index is 0.303. The number of halogens is 1. The Kier molecular flexibility index (Phi) is 4.15. The van der Waals surface area contributed by atoms with Crippen LogP contribution in [0, 0.1) is 0 Å². The summed E-state index contributed by atoms with van der Waals surface area (Å²) in [6.07, 6.45) is 0.784. The van der Waals surface area contributed by atoms with Gasteiger partial charge in [0, 0.05) is 11.4 Å². The Morgan fingerprint density at radius 3 is 2.58 bits per heavy atom. The maximum atomic E-state index is 5.87. The lowest BCUT2D eigenvalue weighted by atomic mass is 10.2. The molecule has 120 valence electrons. The van der Waals surface area contributed by atoms with Crippen LogP contribution in [0.15, 0.2) is 54.6 Å². The lowest BCUT2D eigenvalue weighted by molar-refractivity contribution is 0.292. The highest BCUT2D eigenvalue weighted by molar-refractivity contribution is 7.16. The predicted octanol–water partition coefficient (Wildman–Crippen LogP) is 4.01. The van der Waals surface area contributed by atoms with Crippen LogP contribution in [-0.4, -0.2) is 19.8 Å². The van der Waals surface area contributed by atoms with E-state index in [1.807, 2.05) is 30.3 Å². The number of aromatic nitrogens is 4. The van der Waals surface area contributed by atoms with E-state index in [0.717, 1.165) is 22.1 Å². The molecular weight excluding hydrogens is 344 g/mol. The monoisotopic (exact) mass is 356 g/mol. The fourth-order valence-corrected chi connectivity index (χ4v) is 3.32. The smallest absolute Gasteiger partial charge is 0.234 e. The molecule has 0 atom stereocenters. The third-order valence-corrected chi connectivity index (χ3v) is 4.63. The second-order valence-corrected chi connectivity index (χ2v) is 6.69. The predicted molar refractivity (Wildman–Crippen MR) is 93.7 cm³/mol. The number of rotatable bonds is 5. The molecule has 4 aromatic rings. The van der Waals surface area contributed by atoms with Crippen LogP contribution in [0.4, 0.5) is 0 Å². The van der Waals surface area contributed by atoms with Gasteiger partial charge in [0.1, 0.15) is 17.4 Å². The number of nitrogens with zero attached hydrogens (tertiary/aromatic N) is 4. The van der Waals surface area contributed by atoms with Crippen molar-refractivity contribution in [3.63, 3.8) is 0 Å². The first-order valence-corrected chi connectivity index (χ1v) is 8.60. The summed E-state index contributed by atoms with van der Waals surface area (Å²) in [7, 11) is 0. The lowest BCUT2D eigenvalue weighted by Crippen LogP contribution is -2.02. The minimum Gasteiger partial charge on any atom is -0.486 e. The van der Waals surface area contributed by atoms with Gasteiger partial charge in [-0.05, 0) is 29.8 Å². The molecule has 2 aromatic carbocycles. The molecule has 2 aromatic heterocycles. The fraction of sp³-hybridized carbons (Fsp3) is 0.118. The van der Waals surface area contributed by atoms with Crippen molar-refractivity contribution in [3.8, 4) is 5.75 Å². The standard InChI is InChI=1S/C17H13ClN4OS/c18-13-6-8-14(9-7-13)23-11-15-19-20-17-22(15)21-16(24-17)10-12-4-2-1-3-5-12/h1-9H,10-11H2. The minimum atomic E-state index is 0.303. The van der Waals surface area contributed by atoms with Gasteiger partial charge in [-0.3, -0.25) is 0 Å². The summed E-state index contributed by atoms with van der Waals surface area (Å²) in [4.78, 5) is 0.774. The summed E-state index contributed by atoms with van der Waals surface area (Å²) in [6, 6.07) is 17.5. The van der Waals surface area contributed by atoms with E-state index in [0.29, 0.717) is 17.5 Å².